The van der Waals surface area contributed by atoms with Gasteiger partial charge in [-0.1, -0.05) is 19.1 Å². The number of aromatic nitrogens is 2. The fourth-order valence-electron chi connectivity index (χ4n) is 2.13. The molecular weight excluding hydrogens is 259 g/mol. The summed E-state index contributed by atoms with van der Waals surface area (Å²) in [6, 6.07) is 6.42. The highest BCUT2D eigenvalue weighted by Gasteiger charge is 2.15. The molecule has 2 aromatic heterocycles. The van der Waals surface area contributed by atoms with Crippen LogP contribution in [0.4, 0.5) is 4.39 Å². The largest absolute Gasteiger partial charge is 0.451 e. The van der Waals surface area contributed by atoms with Crippen LogP contribution in [-0.2, 0) is 6.42 Å². The van der Waals surface area contributed by atoms with E-state index in [0.717, 1.165) is 0 Å². The maximum Gasteiger partial charge on any atom is 0.254 e. The highest BCUT2D eigenvalue weighted by molar-refractivity contribution is 5.83. The molecule has 0 atom stereocenters. The maximum absolute atomic E-state index is 13.7. The molecule has 1 N–H and O–H groups in total. The minimum absolute atomic E-state index is 0.182. The molecule has 0 unspecified atom stereocenters. The molecule has 0 fully saturated rings. The normalized spacial score (nSPS) is 11.2. The monoisotopic (exact) mass is 272 g/mol. The highest BCUT2D eigenvalue weighted by atomic mass is 19.1. The van der Waals surface area contributed by atoms with Crippen molar-refractivity contribution in [1.82, 2.24) is 9.97 Å². The number of fused-ring (bicyclic) bond motifs is 1. The third-order valence-electron chi connectivity index (χ3n) is 3.26. The topological polar surface area (TPSA) is 58.9 Å². The third-order valence-corrected chi connectivity index (χ3v) is 3.26. The van der Waals surface area contributed by atoms with Gasteiger partial charge in [-0.05, 0) is 19.1 Å². The van der Waals surface area contributed by atoms with Crippen molar-refractivity contribution in [2.45, 2.75) is 20.3 Å². The van der Waals surface area contributed by atoms with E-state index in [0.29, 0.717) is 34.6 Å². The van der Waals surface area contributed by atoms with Crippen molar-refractivity contribution in [3.05, 3.63) is 51.8 Å². The summed E-state index contributed by atoms with van der Waals surface area (Å²) < 4.78 is 19.2. The Morgan fingerprint density at radius 1 is 1.40 bits per heavy atom. The van der Waals surface area contributed by atoms with E-state index in [-0.39, 0.29) is 11.1 Å². The van der Waals surface area contributed by atoms with Gasteiger partial charge in [-0.3, -0.25) is 4.79 Å². The van der Waals surface area contributed by atoms with Gasteiger partial charge in [0.1, 0.15) is 11.5 Å². The molecule has 0 saturated carbocycles. The number of nitrogens with one attached hydrogen (secondary N) is 1. The first-order valence-electron chi connectivity index (χ1n) is 6.38. The van der Waals surface area contributed by atoms with Gasteiger partial charge in [-0.25, -0.2) is 9.37 Å². The summed E-state index contributed by atoms with van der Waals surface area (Å²) in [4.78, 5) is 18.9. The minimum Gasteiger partial charge on any atom is -0.451 e. The molecular formula is C15H13FN2O2. The Hall–Kier alpha value is -2.43. The van der Waals surface area contributed by atoms with Crippen LogP contribution in [0.15, 0.2) is 33.5 Å². The van der Waals surface area contributed by atoms with E-state index in [1.165, 1.54) is 6.07 Å². The average molecular weight is 272 g/mol. The van der Waals surface area contributed by atoms with Gasteiger partial charge in [0.05, 0.1) is 0 Å². The van der Waals surface area contributed by atoms with Crippen LogP contribution in [0.2, 0.25) is 0 Å². The molecule has 5 heteroatoms. The molecule has 102 valence electrons. The lowest BCUT2D eigenvalue weighted by Gasteiger charge is -2.03. The number of hydrogen-bond acceptors (Lipinski definition) is 3. The number of aryl methyl sites for hydroxylation is 1. The number of H-pyrrole nitrogens is 1. The predicted octanol–water partition coefficient (Wildman–Crippen LogP) is 3.19. The van der Waals surface area contributed by atoms with E-state index in [4.69, 9.17) is 4.42 Å². The van der Waals surface area contributed by atoms with Gasteiger partial charge in [0.25, 0.3) is 5.56 Å². The molecule has 4 nitrogen and oxygen atoms in total. The quantitative estimate of drug-likeness (QED) is 0.779. The highest BCUT2D eigenvalue weighted by Crippen LogP contribution is 2.29. The molecule has 0 radical (unpaired) electrons. The fourth-order valence-corrected chi connectivity index (χ4v) is 2.13. The molecule has 3 rings (SSSR count). The third kappa shape index (κ3) is 1.91. The van der Waals surface area contributed by atoms with Crippen molar-refractivity contribution in [2.24, 2.45) is 0 Å². The Bertz CT molecular complexity index is 849. The van der Waals surface area contributed by atoms with E-state index in [2.05, 4.69) is 9.97 Å². The van der Waals surface area contributed by atoms with Crippen molar-refractivity contribution in [3.63, 3.8) is 0 Å². The minimum atomic E-state index is -0.424. The Labute approximate surface area is 114 Å². The van der Waals surface area contributed by atoms with Crippen LogP contribution in [0.3, 0.4) is 0 Å². The van der Waals surface area contributed by atoms with Gasteiger partial charge in [0, 0.05) is 17.4 Å². The van der Waals surface area contributed by atoms with Crippen molar-refractivity contribution < 1.29 is 8.81 Å². The fraction of sp³-hybridized carbons (Fsp3) is 0.200. The smallest absolute Gasteiger partial charge is 0.254 e. The van der Waals surface area contributed by atoms with Crippen LogP contribution in [0.5, 0.6) is 0 Å². The van der Waals surface area contributed by atoms with Crippen LogP contribution < -0.4 is 5.56 Å². The van der Waals surface area contributed by atoms with Crippen LogP contribution in [0.25, 0.3) is 22.4 Å². The zero-order valence-corrected chi connectivity index (χ0v) is 11.2. The average Bonchev–Trinajstić information content (AvgIpc) is 2.87. The van der Waals surface area contributed by atoms with Crippen LogP contribution in [0.1, 0.15) is 18.3 Å². The number of aromatic amines is 1. The molecule has 0 spiro atoms. The molecule has 0 amide bonds. The number of rotatable bonds is 2. The van der Waals surface area contributed by atoms with Crippen molar-refractivity contribution in [1.29, 1.82) is 0 Å². The Morgan fingerprint density at radius 2 is 2.20 bits per heavy atom. The second kappa shape index (κ2) is 4.59. The first kappa shape index (κ1) is 12.6. The van der Waals surface area contributed by atoms with Gasteiger partial charge >= 0.3 is 0 Å². The number of benzene rings is 1. The number of para-hydroxylation sites is 1. The second-order valence-electron chi connectivity index (χ2n) is 4.61. The van der Waals surface area contributed by atoms with E-state index in [1.807, 2.05) is 6.92 Å². The summed E-state index contributed by atoms with van der Waals surface area (Å²) >= 11 is 0. The molecule has 2 heterocycles. The molecule has 20 heavy (non-hydrogen) atoms. The van der Waals surface area contributed by atoms with Gasteiger partial charge in [0.2, 0.25) is 0 Å². The van der Waals surface area contributed by atoms with Gasteiger partial charge in [0.15, 0.2) is 17.2 Å². The summed E-state index contributed by atoms with van der Waals surface area (Å²) in [6.07, 6.45) is 0.608. The van der Waals surface area contributed by atoms with Gasteiger partial charge in [-0.15, -0.1) is 0 Å². The first-order valence-corrected chi connectivity index (χ1v) is 6.38. The Morgan fingerprint density at radius 3 is 2.90 bits per heavy atom. The first-order chi connectivity index (χ1) is 9.60. The van der Waals surface area contributed by atoms with Crippen LogP contribution in [-0.4, -0.2) is 9.97 Å². The van der Waals surface area contributed by atoms with Gasteiger partial charge < -0.3 is 9.40 Å². The van der Waals surface area contributed by atoms with E-state index < -0.39 is 5.82 Å². The summed E-state index contributed by atoms with van der Waals surface area (Å²) in [5.41, 5.74) is 0.901. The zero-order valence-electron chi connectivity index (χ0n) is 11.2. The standard InChI is InChI=1S/C15H13FN2O2/c1-3-12-17-13(8(2)15(19)18-12)11-7-9-5-4-6-10(16)14(9)20-11/h4-7H,3H2,1-2H3,(H,17,18,19). The molecule has 0 aliphatic rings. The van der Waals surface area contributed by atoms with Crippen LogP contribution in [0, 0.1) is 12.7 Å². The van der Waals surface area contributed by atoms with Crippen molar-refractivity contribution >= 4 is 11.0 Å². The SMILES string of the molecule is CCc1nc(-c2cc3cccc(F)c3o2)c(C)c(=O)[nH]1. The molecule has 1 aromatic carbocycles. The number of furan rings is 1. The molecule has 0 bridgehead atoms. The predicted molar refractivity (Wildman–Crippen MR) is 74.1 cm³/mol. The zero-order chi connectivity index (χ0) is 14.3. The van der Waals surface area contributed by atoms with Gasteiger partial charge in [-0.2, -0.15) is 0 Å². The lowest BCUT2D eigenvalue weighted by atomic mass is 10.2. The lowest BCUT2D eigenvalue weighted by molar-refractivity contribution is 0.567. The van der Waals surface area contributed by atoms with Crippen molar-refractivity contribution in [2.75, 3.05) is 0 Å². The molecule has 3 aromatic rings. The number of halogens is 1. The van der Waals surface area contributed by atoms with Crippen LogP contribution >= 0.6 is 0 Å². The molecule has 0 aliphatic heterocycles. The van der Waals surface area contributed by atoms with E-state index >= 15 is 0 Å². The lowest BCUT2D eigenvalue weighted by Crippen LogP contribution is -2.15. The maximum atomic E-state index is 13.7. The summed E-state index contributed by atoms with van der Waals surface area (Å²) in [7, 11) is 0. The summed E-state index contributed by atoms with van der Waals surface area (Å²) in [5, 5.41) is 0.652. The number of hydrogen-bond donors (Lipinski definition) is 1. The molecule has 0 saturated heterocycles. The second-order valence-corrected chi connectivity index (χ2v) is 4.61. The summed E-state index contributed by atoms with van der Waals surface area (Å²) in [6.45, 7) is 3.57. The van der Waals surface area contributed by atoms with E-state index in [9.17, 15) is 9.18 Å². The number of nitrogens with zero attached hydrogens (tertiary/aromatic N) is 1. The van der Waals surface area contributed by atoms with E-state index in [1.54, 1.807) is 25.1 Å². The summed E-state index contributed by atoms with van der Waals surface area (Å²) in [5.74, 6) is 0.562. The Balaban J connectivity index is 2.28. The van der Waals surface area contributed by atoms with Crippen molar-refractivity contribution in [3.8, 4) is 11.5 Å². The molecule has 0 aliphatic carbocycles. The Kier molecular flexibility index (Phi) is 2.89.